The number of carbonyl (C=O) groups excluding carboxylic acids is 2. The van der Waals surface area contributed by atoms with Crippen molar-refractivity contribution < 1.29 is 29.3 Å². The van der Waals surface area contributed by atoms with Gasteiger partial charge in [0, 0.05) is 12.0 Å². The fourth-order valence-corrected chi connectivity index (χ4v) is 1.73. The third-order valence-electron chi connectivity index (χ3n) is 3.27. The molecule has 0 radical (unpaired) electrons. The molecule has 6 nitrogen and oxygen atoms in total. The zero-order valence-corrected chi connectivity index (χ0v) is 12.5. The second kappa shape index (κ2) is 7.95. The van der Waals surface area contributed by atoms with Gasteiger partial charge in [0.25, 0.3) is 0 Å². The Balaban J connectivity index is 2.75. The molecule has 0 amide bonds. The summed E-state index contributed by atoms with van der Waals surface area (Å²) in [5, 5.41) is 18.7. The SMILES string of the molecule is C/C=C(\C)C(=O)O[C@H]1CCC(=O)O[C@@H]1/C=C/[C@@H](O)[C@@H](C)O. The molecule has 0 spiro atoms. The first-order valence-electron chi connectivity index (χ1n) is 6.93. The Kier molecular flexibility index (Phi) is 6.58. The highest BCUT2D eigenvalue weighted by molar-refractivity contribution is 5.87. The number of cyclic esters (lactones) is 1. The van der Waals surface area contributed by atoms with Crippen molar-refractivity contribution in [2.75, 3.05) is 0 Å². The van der Waals surface area contributed by atoms with Crippen LogP contribution in [0.1, 0.15) is 33.6 Å². The Labute approximate surface area is 124 Å². The molecule has 0 bridgehead atoms. The molecule has 1 fully saturated rings. The fraction of sp³-hybridized carbons (Fsp3) is 0.600. The smallest absolute Gasteiger partial charge is 0.333 e. The summed E-state index contributed by atoms with van der Waals surface area (Å²) >= 11 is 0. The molecule has 1 saturated heterocycles. The summed E-state index contributed by atoms with van der Waals surface area (Å²) in [6, 6.07) is 0. The van der Waals surface area contributed by atoms with Crippen LogP contribution in [-0.4, -0.2) is 46.6 Å². The normalized spacial score (nSPS) is 26.3. The van der Waals surface area contributed by atoms with Crippen molar-refractivity contribution in [1.29, 1.82) is 0 Å². The molecule has 0 aliphatic carbocycles. The summed E-state index contributed by atoms with van der Waals surface area (Å²) in [6.45, 7) is 4.81. The van der Waals surface area contributed by atoms with Gasteiger partial charge in [-0.25, -0.2) is 4.79 Å². The monoisotopic (exact) mass is 298 g/mol. The summed E-state index contributed by atoms with van der Waals surface area (Å²) < 4.78 is 10.4. The third kappa shape index (κ3) is 5.32. The van der Waals surface area contributed by atoms with E-state index in [4.69, 9.17) is 9.47 Å². The van der Waals surface area contributed by atoms with Gasteiger partial charge in [0.15, 0.2) is 6.10 Å². The van der Waals surface area contributed by atoms with E-state index in [1.807, 2.05) is 0 Å². The molecule has 4 atom stereocenters. The molecule has 0 aromatic heterocycles. The van der Waals surface area contributed by atoms with Crippen molar-refractivity contribution in [2.24, 2.45) is 0 Å². The van der Waals surface area contributed by atoms with Gasteiger partial charge in [-0.15, -0.1) is 0 Å². The average Bonchev–Trinajstić information content (AvgIpc) is 2.45. The molecule has 1 rings (SSSR count). The Bertz CT molecular complexity index is 437. The van der Waals surface area contributed by atoms with Crippen LogP contribution < -0.4 is 0 Å². The van der Waals surface area contributed by atoms with E-state index in [2.05, 4.69) is 0 Å². The van der Waals surface area contributed by atoms with Crippen LogP contribution in [0, 0.1) is 0 Å². The summed E-state index contributed by atoms with van der Waals surface area (Å²) in [5.41, 5.74) is 0.471. The lowest BCUT2D eigenvalue weighted by molar-refractivity contribution is -0.170. The van der Waals surface area contributed by atoms with Crippen LogP contribution in [0.3, 0.4) is 0 Å². The van der Waals surface area contributed by atoms with Crippen LogP contribution in [0.4, 0.5) is 0 Å². The van der Waals surface area contributed by atoms with E-state index >= 15 is 0 Å². The Morgan fingerprint density at radius 3 is 2.71 bits per heavy atom. The number of rotatable bonds is 5. The van der Waals surface area contributed by atoms with Crippen molar-refractivity contribution in [2.45, 2.75) is 58.0 Å². The molecule has 1 aliphatic heterocycles. The molecule has 1 heterocycles. The van der Waals surface area contributed by atoms with Crippen molar-refractivity contribution in [3.63, 3.8) is 0 Å². The van der Waals surface area contributed by atoms with Gasteiger partial charge in [0.1, 0.15) is 6.10 Å². The molecule has 0 aromatic carbocycles. The van der Waals surface area contributed by atoms with E-state index in [0.717, 1.165) is 0 Å². The van der Waals surface area contributed by atoms with E-state index in [9.17, 15) is 19.8 Å². The minimum absolute atomic E-state index is 0.177. The van der Waals surface area contributed by atoms with Crippen molar-refractivity contribution >= 4 is 11.9 Å². The quantitative estimate of drug-likeness (QED) is 0.444. The van der Waals surface area contributed by atoms with Gasteiger partial charge in [0.05, 0.1) is 12.2 Å². The maximum absolute atomic E-state index is 11.8. The largest absolute Gasteiger partial charge is 0.455 e. The van der Waals surface area contributed by atoms with Gasteiger partial charge in [-0.1, -0.05) is 12.2 Å². The molecule has 0 aromatic rings. The molecular formula is C15H22O6. The van der Waals surface area contributed by atoms with Gasteiger partial charge in [-0.3, -0.25) is 4.79 Å². The van der Waals surface area contributed by atoms with E-state index < -0.39 is 30.4 Å². The second-order valence-electron chi connectivity index (χ2n) is 5.02. The standard InChI is InChI=1S/C15H22O6/c1-4-9(2)15(19)21-13-7-8-14(18)20-12(13)6-5-11(17)10(3)16/h4-6,10-13,16-17H,7-8H2,1-3H3/b6-5+,9-4+/t10-,11-,12-,13+/m1/s1. The molecule has 0 unspecified atom stereocenters. The van der Waals surface area contributed by atoms with Gasteiger partial charge in [0.2, 0.25) is 0 Å². The number of allylic oxidation sites excluding steroid dienone is 1. The number of aliphatic hydroxyl groups excluding tert-OH is 2. The summed E-state index contributed by atoms with van der Waals surface area (Å²) in [7, 11) is 0. The topological polar surface area (TPSA) is 93.1 Å². The van der Waals surface area contributed by atoms with Crippen LogP contribution in [0.25, 0.3) is 0 Å². The van der Waals surface area contributed by atoms with Crippen LogP contribution in [0.2, 0.25) is 0 Å². The lowest BCUT2D eigenvalue weighted by Gasteiger charge is -2.29. The first-order valence-corrected chi connectivity index (χ1v) is 6.93. The molecule has 6 heteroatoms. The summed E-state index contributed by atoms with van der Waals surface area (Å²) in [6.07, 6.45) is 1.59. The molecular weight excluding hydrogens is 276 g/mol. The van der Waals surface area contributed by atoms with Crippen molar-refractivity contribution in [3.8, 4) is 0 Å². The number of ether oxygens (including phenoxy) is 2. The first-order chi connectivity index (χ1) is 9.85. The highest BCUT2D eigenvalue weighted by atomic mass is 16.6. The van der Waals surface area contributed by atoms with Crippen LogP contribution in [0.15, 0.2) is 23.8 Å². The lowest BCUT2D eigenvalue weighted by atomic mass is 10.0. The van der Waals surface area contributed by atoms with Gasteiger partial charge >= 0.3 is 11.9 Å². The number of esters is 2. The van der Waals surface area contributed by atoms with Crippen LogP contribution in [-0.2, 0) is 19.1 Å². The zero-order chi connectivity index (χ0) is 16.0. The molecule has 0 saturated carbocycles. The second-order valence-corrected chi connectivity index (χ2v) is 5.02. The van der Waals surface area contributed by atoms with E-state index in [-0.39, 0.29) is 12.4 Å². The Morgan fingerprint density at radius 1 is 1.48 bits per heavy atom. The molecule has 21 heavy (non-hydrogen) atoms. The highest BCUT2D eigenvalue weighted by Crippen LogP contribution is 2.21. The fourth-order valence-electron chi connectivity index (χ4n) is 1.73. The Hall–Kier alpha value is -1.66. The molecule has 1 aliphatic rings. The van der Waals surface area contributed by atoms with Gasteiger partial charge in [-0.2, -0.15) is 0 Å². The lowest BCUT2D eigenvalue weighted by Crippen LogP contribution is -2.39. The van der Waals surface area contributed by atoms with E-state index in [1.54, 1.807) is 19.9 Å². The molecule has 2 N–H and O–H groups in total. The van der Waals surface area contributed by atoms with Crippen LogP contribution in [0.5, 0.6) is 0 Å². The van der Waals surface area contributed by atoms with Gasteiger partial charge < -0.3 is 19.7 Å². The average molecular weight is 298 g/mol. The minimum Gasteiger partial charge on any atom is -0.455 e. The Morgan fingerprint density at radius 2 is 2.14 bits per heavy atom. The number of hydrogen-bond donors (Lipinski definition) is 2. The predicted octanol–water partition coefficient (Wildman–Crippen LogP) is 0.868. The van der Waals surface area contributed by atoms with Gasteiger partial charge in [-0.05, 0) is 33.3 Å². The van der Waals surface area contributed by atoms with Crippen molar-refractivity contribution in [3.05, 3.63) is 23.8 Å². The molecule has 118 valence electrons. The minimum atomic E-state index is -1.07. The maximum atomic E-state index is 11.8. The number of aliphatic hydroxyl groups is 2. The van der Waals surface area contributed by atoms with Crippen LogP contribution >= 0.6 is 0 Å². The van der Waals surface area contributed by atoms with E-state index in [0.29, 0.717) is 12.0 Å². The summed E-state index contributed by atoms with van der Waals surface area (Å²) in [5.74, 6) is -0.846. The number of carbonyl (C=O) groups is 2. The zero-order valence-electron chi connectivity index (χ0n) is 12.5. The highest BCUT2D eigenvalue weighted by Gasteiger charge is 2.32. The maximum Gasteiger partial charge on any atom is 0.333 e. The third-order valence-corrected chi connectivity index (χ3v) is 3.27. The summed E-state index contributed by atoms with van der Waals surface area (Å²) in [4.78, 5) is 23.1. The number of hydrogen-bond acceptors (Lipinski definition) is 6. The predicted molar refractivity (Wildman–Crippen MR) is 75.3 cm³/mol. The first kappa shape index (κ1) is 17.4. The van der Waals surface area contributed by atoms with E-state index in [1.165, 1.54) is 19.1 Å². The van der Waals surface area contributed by atoms with Crippen molar-refractivity contribution in [1.82, 2.24) is 0 Å².